The summed E-state index contributed by atoms with van der Waals surface area (Å²) >= 11 is 1.64. The highest BCUT2D eigenvalue weighted by atomic mass is 32.1. The Balaban J connectivity index is 1.11. The molecule has 0 bridgehead atoms. The van der Waals surface area contributed by atoms with Crippen molar-refractivity contribution in [1.82, 2.24) is 14.8 Å². The summed E-state index contributed by atoms with van der Waals surface area (Å²) < 4.78 is 7.32. The van der Waals surface area contributed by atoms with Gasteiger partial charge in [0.2, 0.25) is 0 Å². The van der Waals surface area contributed by atoms with E-state index in [1.165, 1.54) is 22.3 Å². The Labute approximate surface area is 235 Å². The summed E-state index contributed by atoms with van der Waals surface area (Å²) in [6, 6.07) is 22.4. The second-order valence-electron chi connectivity index (χ2n) is 10.7. The molecule has 202 valence electrons. The van der Waals surface area contributed by atoms with Gasteiger partial charge in [0.15, 0.2) is 0 Å². The van der Waals surface area contributed by atoms with Crippen LogP contribution in [0.3, 0.4) is 0 Å². The number of piperazine rings is 1. The number of benzene rings is 3. The van der Waals surface area contributed by atoms with Crippen LogP contribution in [0.1, 0.15) is 38.9 Å². The largest absolute Gasteiger partial charge is 0.489 e. The molecule has 39 heavy (non-hydrogen) atoms. The SMILES string of the molecule is C=CCc1ccc2nc(C)sc2c1OCC(O)CN1CCN(C2c3ccccc3CCc3ccccc32)CC1. The zero-order valence-corrected chi connectivity index (χ0v) is 23.5. The number of aromatic nitrogens is 1. The van der Waals surface area contributed by atoms with E-state index in [2.05, 4.69) is 76.0 Å². The zero-order valence-electron chi connectivity index (χ0n) is 22.7. The van der Waals surface area contributed by atoms with Crippen molar-refractivity contribution in [3.05, 3.63) is 106 Å². The monoisotopic (exact) mass is 539 g/mol. The lowest BCUT2D eigenvalue weighted by molar-refractivity contribution is 0.0402. The van der Waals surface area contributed by atoms with Gasteiger partial charge in [0, 0.05) is 32.7 Å². The third-order valence-corrected chi connectivity index (χ3v) is 9.07. The average molecular weight is 540 g/mol. The van der Waals surface area contributed by atoms with Gasteiger partial charge in [-0.15, -0.1) is 17.9 Å². The molecule has 1 unspecified atom stereocenters. The summed E-state index contributed by atoms with van der Waals surface area (Å²) in [5.41, 5.74) is 7.88. The van der Waals surface area contributed by atoms with Gasteiger partial charge in [0.05, 0.1) is 21.3 Å². The summed E-state index contributed by atoms with van der Waals surface area (Å²) in [6.45, 7) is 10.6. The van der Waals surface area contributed by atoms with E-state index in [0.29, 0.717) is 12.6 Å². The van der Waals surface area contributed by atoms with E-state index in [9.17, 15) is 5.11 Å². The first-order valence-electron chi connectivity index (χ1n) is 14.0. The Kier molecular flexibility index (Phi) is 7.80. The molecule has 1 saturated heterocycles. The summed E-state index contributed by atoms with van der Waals surface area (Å²) in [5, 5.41) is 12.0. The van der Waals surface area contributed by atoms with Crippen molar-refractivity contribution in [2.24, 2.45) is 0 Å². The van der Waals surface area contributed by atoms with Gasteiger partial charge in [0.1, 0.15) is 18.5 Å². The lowest BCUT2D eigenvalue weighted by Gasteiger charge is -2.40. The minimum atomic E-state index is -0.559. The second-order valence-corrected chi connectivity index (χ2v) is 11.9. The molecule has 5 nitrogen and oxygen atoms in total. The van der Waals surface area contributed by atoms with Crippen molar-refractivity contribution in [3.63, 3.8) is 0 Å². The van der Waals surface area contributed by atoms with Gasteiger partial charge in [-0.3, -0.25) is 9.80 Å². The van der Waals surface area contributed by atoms with E-state index in [4.69, 9.17) is 4.74 Å². The fourth-order valence-corrected chi connectivity index (χ4v) is 7.16. The summed E-state index contributed by atoms with van der Waals surface area (Å²) in [4.78, 5) is 9.62. The number of ether oxygens (including phenoxy) is 1. The van der Waals surface area contributed by atoms with Gasteiger partial charge in [-0.05, 0) is 60.1 Å². The number of aliphatic hydroxyl groups excluding tert-OH is 1. The number of hydrogen-bond donors (Lipinski definition) is 1. The Morgan fingerprint density at radius 3 is 2.33 bits per heavy atom. The zero-order chi connectivity index (χ0) is 26.8. The van der Waals surface area contributed by atoms with Gasteiger partial charge in [-0.1, -0.05) is 60.7 Å². The predicted octanol–water partition coefficient (Wildman–Crippen LogP) is 5.58. The van der Waals surface area contributed by atoms with Gasteiger partial charge in [-0.2, -0.15) is 0 Å². The molecule has 2 heterocycles. The van der Waals surface area contributed by atoms with Crippen LogP contribution in [0, 0.1) is 6.92 Å². The van der Waals surface area contributed by atoms with Crippen molar-refractivity contribution < 1.29 is 9.84 Å². The average Bonchev–Trinajstić information content (AvgIpc) is 3.25. The van der Waals surface area contributed by atoms with Crippen molar-refractivity contribution in [2.75, 3.05) is 39.3 Å². The second kappa shape index (κ2) is 11.6. The number of rotatable bonds is 8. The number of thiazole rings is 1. The molecule has 6 rings (SSSR count). The molecule has 1 aliphatic heterocycles. The van der Waals surface area contributed by atoms with Crippen LogP contribution >= 0.6 is 11.3 Å². The van der Waals surface area contributed by atoms with Crippen LogP contribution in [-0.4, -0.2) is 65.3 Å². The molecular formula is C33H37N3O2S. The molecular weight excluding hydrogens is 502 g/mol. The molecule has 0 spiro atoms. The number of fused-ring (bicyclic) bond motifs is 3. The van der Waals surface area contributed by atoms with E-state index in [1.54, 1.807) is 11.3 Å². The Hall–Kier alpha value is -3.03. The van der Waals surface area contributed by atoms with Crippen LogP contribution in [0.5, 0.6) is 5.75 Å². The molecule has 1 fully saturated rings. The molecule has 1 aliphatic carbocycles. The van der Waals surface area contributed by atoms with Crippen LogP contribution in [0.2, 0.25) is 0 Å². The van der Waals surface area contributed by atoms with Crippen molar-refractivity contribution in [1.29, 1.82) is 0 Å². The Bertz CT molecular complexity index is 1410. The topological polar surface area (TPSA) is 48.8 Å². The highest BCUT2D eigenvalue weighted by Gasteiger charge is 2.31. The molecule has 0 radical (unpaired) electrons. The summed E-state index contributed by atoms with van der Waals surface area (Å²) in [7, 11) is 0. The fourth-order valence-electron chi connectivity index (χ4n) is 6.22. The van der Waals surface area contributed by atoms with Crippen molar-refractivity contribution in [2.45, 2.75) is 38.3 Å². The van der Waals surface area contributed by atoms with Crippen LogP contribution in [0.4, 0.5) is 0 Å². The molecule has 1 N–H and O–H groups in total. The van der Waals surface area contributed by atoms with Gasteiger partial charge in [-0.25, -0.2) is 4.98 Å². The van der Waals surface area contributed by atoms with E-state index in [-0.39, 0.29) is 6.61 Å². The molecule has 0 amide bonds. The molecule has 4 aromatic rings. The summed E-state index contributed by atoms with van der Waals surface area (Å²) in [6.07, 6.45) is 4.26. The highest BCUT2D eigenvalue weighted by molar-refractivity contribution is 7.18. The van der Waals surface area contributed by atoms with Crippen LogP contribution in [0.25, 0.3) is 10.2 Å². The maximum absolute atomic E-state index is 11.0. The molecule has 6 heteroatoms. The van der Waals surface area contributed by atoms with Crippen LogP contribution in [0.15, 0.2) is 73.3 Å². The van der Waals surface area contributed by atoms with E-state index in [1.807, 2.05) is 19.1 Å². The standard InChI is InChI=1S/C33H37N3O2S/c1-3-8-26-15-16-30-33(39-23(2)34-30)32(26)38-22-27(37)21-35-17-19-36(20-18-35)31-28-11-6-4-9-24(28)13-14-25-10-5-7-12-29(25)31/h3-7,9-12,15-16,27,31,37H,1,8,13-14,17-22H2,2H3. The maximum Gasteiger partial charge on any atom is 0.142 e. The number of aryl methyl sites for hydroxylation is 3. The first-order chi connectivity index (χ1) is 19.1. The predicted molar refractivity (Wildman–Crippen MR) is 160 cm³/mol. The van der Waals surface area contributed by atoms with Crippen LogP contribution < -0.4 is 4.74 Å². The third kappa shape index (κ3) is 5.52. The lowest BCUT2D eigenvalue weighted by Crippen LogP contribution is -2.50. The van der Waals surface area contributed by atoms with Crippen molar-refractivity contribution >= 4 is 21.6 Å². The van der Waals surface area contributed by atoms with E-state index >= 15 is 0 Å². The van der Waals surface area contributed by atoms with Gasteiger partial charge in [0.25, 0.3) is 0 Å². The van der Waals surface area contributed by atoms with Gasteiger partial charge < -0.3 is 9.84 Å². The number of β-amino-alcohol motifs (C(OH)–C–C–N with tert-alkyl or cyclic N) is 1. The number of nitrogens with zero attached hydrogens (tertiary/aromatic N) is 3. The fraction of sp³-hybridized carbons (Fsp3) is 0.364. The van der Waals surface area contributed by atoms with E-state index < -0.39 is 6.10 Å². The number of aliphatic hydroxyl groups is 1. The number of allylic oxidation sites excluding steroid dienone is 1. The van der Waals surface area contributed by atoms with Crippen molar-refractivity contribution in [3.8, 4) is 5.75 Å². The van der Waals surface area contributed by atoms with Crippen LogP contribution in [-0.2, 0) is 19.3 Å². The quantitative estimate of drug-likeness (QED) is 0.296. The first-order valence-corrected chi connectivity index (χ1v) is 14.8. The number of hydrogen-bond acceptors (Lipinski definition) is 6. The Morgan fingerprint density at radius 1 is 1.00 bits per heavy atom. The van der Waals surface area contributed by atoms with Gasteiger partial charge >= 0.3 is 0 Å². The lowest BCUT2D eigenvalue weighted by atomic mass is 9.92. The molecule has 3 aromatic carbocycles. The van der Waals surface area contributed by atoms with E-state index in [0.717, 1.165) is 72.0 Å². The Morgan fingerprint density at radius 2 is 1.67 bits per heavy atom. The minimum Gasteiger partial charge on any atom is -0.489 e. The molecule has 1 aromatic heterocycles. The normalized spacial score (nSPS) is 17.4. The maximum atomic E-state index is 11.0. The smallest absolute Gasteiger partial charge is 0.142 e. The molecule has 2 aliphatic rings. The highest BCUT2D eigenvalue weighted by Crippen LogP contribution is 2.37. The third-order valence-electron chi connectivity index (χ3n) is 8.09. The first kappa shape index (κ1) is 26.2. The summed E-state index contributed by atoms with van der Waals surface area (Å²) in [5.74, 6) is 0.840. The molecule has 1 atom stereocenters. The minimum absolute atomic E-state index is 0.268. The molecule has 0 saturated carbocycles.